The van der Waals surface area contributed by atoms with Crippen LogP contribution in [0.2, 0.25) is 5.02 Å². The van der Waals surface area contributed by atoms with Crippen LogP contribution in [0.15, 0.2) is 48.3 Å². The van der Waals surface area contributed by atoms with Gasteiger partial charge in [0.05, 0.1) is 5.54 Å². The average Bonchev–Trinajstić information content (AvgIpc) is 2.25. The lowest BCUT2D eigenvalue weighted by molar-refractivity contribution is 0.470. The van der Waals surface area contributed by atoms with Crippen molar-refractivity contribution in [2.75, 3.05) is 0 Å². The summed E-state index contributed by atoms with van der Waals surface area (Å²) in [6, 6.07) is 6.48. The van der Waals surface area contributed by atoms with Crippen molar-refractivity contribution in [2.24, 2.45) is 11.5 Å². The van der Waals surface area contributed by atoms with Gasteiger partial charge in [0.2, 0.25) is 0 Å². The molecule has 0 saturated carbocycles. The van der Waals surface area contributed by atoms with Crippen molar-refractivity contribution in [1.29, 1.82) is 0 Å². The highest BCUT2D eigenvalue weighted by atomic mass is 35.5. The molecule has 0 radical (unpaired) electrons. The fraction of sp³-hybridized carbons (Fsp3) is 0.167. The van der Waals surface area contributed by atoms with Gasteiger partial charge in [0, 0.05) is 11.1 Å². The minimum Gasteiger partial charge on any atom is -0.322 e. The molecular weight excluding hydrogens is 227 g/mol. The lowest BCUT2D eigenvalue weighted by Gasteiger charge is -2.33. The van der Waals surface area contributed by atoms with Gasteiger partial charge < -0.3 is 11.5 Å². The predicted molar refractivity (Wildman–Crippen MR) is 63.6 cm³/mol. The first-order valence-electron chi connectivity index (χ1n) is 4.89. The van der Waals surface area contributed by atoms with E-state index in [0.29, 0.717) is 5.02 Å². The fourth-order valence-corrected chi connectivity index (χ4v) is 1.87. The number of hydrogen-bond acceptors (Lipinski definition) is 2. The van der Waals surface area contributed by atoms with Crippen LogP contribution in [0.4, 0.5) is 4.39 Å². The van der Waals surface area contributed by atoms with Gasteiger partial charge in [-0.1, -0.05) is 29.8 Å². The Balaban J connectivity index is 2.45. The Morgan fingerprint density at radius 2 is 1.88 bits per heavy atom. The molecule has 0 heterocycles. The third kappa shape index (κ3) is 1.89. The first-order valence-corrected chi connectivity index (χ1v) is 5.27. The zero-order valence-electron chi connectivity index (χ0n) is 8.53. The second-order valence-electron chi connectivity index (χ2n) is 3.85. The molecule has 0 amide bonds. The summed E-state index contributed by atoms with van der Waals surface area (Å²) in [5.41, 5.74) is 11.7. The van der Waals surface area contributed by atoms with E-state index < -0.39 is 11.6 Å². The van der Waals surface area contributed by atoms with E-state index in [0.717, 1.165) is 5.56 Å². The Kier molecular flexibility index (Phi) is 2.84. The molecule has 2 nitrogen and oxygen atoms in total. The van der Waals surface area contributed by atoms with Crippen LogP contribution in [0.5, 0.6) is 0 Å². The molecule has 0 aliphatic heterocycles. The van der Waals surface area contributed by atoms with E-state index in [1.807, 2.05) is 0 Å². The SMILES string of the molecule is NC1C=CC(F)=CC1(N)c1ccc(Cl)cc1. The van der Waals surface area contributed by atoms with Crippen LogP contribution in [0.3, 0.4) is 0 Å². The van der Waals surface area contributed by atoms with Crippen LogP contribution >= 0.6 is 11.6 Å². The monoisotopic (exact) mass is 238 g/mol. The maximum atomic E-state index is 13.2. The summed E-state index contributed by atoms with van der Waals surface area (Å²) in [6.07, 6.45) is 4.22. The van der Waals surface area contributed by atoms with Gasteiger partial charge in [0.15, 0.2) is 0 Å². The largest absolute Gasteiger partial charge is 0.322 e. The number of benzene rings is 1. The number of allylic oxidation sites excluding steroid dienone is 2. The summed E-state index contributed by atoms with van der Waals surface area (Å²) in [7, 11) is 0. The Morgan fingerprint density at radius 3 is 2.50 bits per heavy atom. The molecule has 1 aromatic carbocycles. The molecule has 1 aliphatic carbocycles. The Labute approximate surface area is 98.4 Å². The van der Waals surface area contributed by atoms with E-state index in [-0.39, 0.29) is 5.83 Å². The van der Waals surface area contributed by atoms with Crippen LogP contribution in [-0.4, -0.2) is 6.04 Å². The van der Waals surface area contributed by atoms with E-state index in [4.69, 9.17) is 23.1 Å². The van der Waals surface area contributed by atoms with E-state index in [1.54, 1.807) is 30.3 Å². The zero-order chi connectivity index (χ0) is 11.8. The van der Waals surface area contributed by atoms with Crippen molar-refractivity contribution in [3.63, 3.8) is 0 Å². The molecule has 0 bridgehead atoms. The maximum absolute atomic E-state index is 13.2. The van der Waals surface area contributed by atoms with Crippen molar-refractivity contribution in [2.45, 2.75) is 11.6 Å². The van der Waals surface area contributed by atoms with E-state index in [2.05, 4.69) is 0 Å². The van der Waals surface area contributed by atoms with E-state index >= 15 is 0 Å². The van der Waals surface area contributed by atoms with Crippen molar-refractivity contribution in [3.05, 3.63) is 58.9 Å². The normalized spacial score (nSPS) is 29.0. The molecule has 2 unspecified atom stereocenters. The lowest BCUT2D eigenvalue weighted by Crippen LogP contribution is -2.51. The summed E-state index contributed by atoms with van der Waals surface area (Å²) < 4.78 is 13.2. The van der Waals surface area contributed by atoms with Crippen molar-refractivity contribution in [3.8, 4) is 0 Å². The van der Waals surface area contributed by atoms with Crippen LogP contribution in [0.1, 0.15) is 5.56 Å². The van der Waals surface area contributed by atoms with Gasteiger partial charge in [-0.25, -0.2) is 4.39 Å². The molecule has 84 valence electrons. The Morgan fingerprint density at radius 1 is 1.25 bits per heavy atom. The highest BCUT2D eigenvalue weighted by Crippen LogP contribution is 2.29. The van der Waals surface area contributed by atoms with Gasteiger partial charge in [-0.3, -0.25) is 0 Å². The van der Waals surface area contributed by atoms with Crippen LogP contribution in [-0.2, 0) is 5.54 Å². The quantitative estimate of drug-likeness (QED) is 0.789. The molecule has 1 aromatic rings. The highest BCUT2D eigenvalue weighted by molar-refractivity contribution is 6.30. The van der Waals surface area contributed by atoms with Crippen molar-refractivity contribution in [1.82, 2.24) is 0 Å². The molecule has 16 heavy (non-hydrogen) atoms. The Hall–Kier alpha value is -1.16. The predicted octanol–water partition coefficient (Wildman–Crippen LogP) is 2.24. The molecule has 4 N–H and O–H groups in total. The second-order valence-corrected chi connectivity index (χ2v) is 4.29. The molecule has 0 spiro atoms. The van der Waals surface area contributed by atoms with Gasteiger partial charge in [-0.05, 0) is 29.8 Å². The van der Waals surface area contributed by atoms with E-state index in [1.165, 1.54) is 12.2 Å². The topological polar surface area (TPSA) is 52.0 Å². The first-order chi connectivity index (χ1) is 7.52. The average molecular weight is 239 g/mol. The van der Waals surface area contributed by atoms with Crippen LogP contribution < -0.4 is 11.5 Å². The molecule has 0 saturated heterocycles. The smallest absolute Gasteiger partial charge is 0.121 e. The minimum atomic E-state index is -1.01. The standard InChI is InChI=1S/C12H12ClFN2/c13-9-3-1-8(2-4-9)12(16)7-10(14)5-6-11(12)15/h1-7,11H,15-16H2. The summed E-state index contributed by atoms with van der Waals surface area (Å²) in [4.78, 5) is 0. The van der Waals surface area contributed by atoms with Crippen LogP contribution in [0.25, 0.3) is 0 Å². The van der Waals surface area contributed by atoms with Crippen molar-refractivity contribution < 1.29 is 4.39 Å². The molecular formula is C12H12ClFN2. The number of rotatable bonds is 1. The lowest BCUT2D eigenvalue weighted by atomic mass is 9.81. The van der Waals surface area contributed by atoms with Gasteiger partial charge in [-0.15, -0.1) is 0 Å². The first kappa shape index (κ1) is 11.3. The second kappa shape index (κ2) is 4.01. The summed E-state index contributed by atoms with van der Waals surface area (Å²) in [5.74, 6) is -0.376. The number of nitrogens with two attached hydrogens (primary N) is 2. The Bertz CT molecular complexity index is 453. The van der Waals surface area contributed by atoms with E-state index in [9.17, 15) is 4.39 Å². The third-order valence-electron chi connectivity index (χ3n) is 2.74. The summed E-state index contributed by atoms with van der Waals surface area (Å²) in [6.45, 7) is 0. The third-order valence-corrected chi connectivity index (χ3v) is 2.99. The van der Waals surface area contributed by atoms with Gasteiger partial charge >= 0.3 is 0 Å². The van der Waals surface area contributed by atoms with Gasteiger partial charge in [0.25, 0.3) is 0 Å². The molecule has 0 aromatic heterocycles. The maximum Gasteiger partial charge on any atom is 0.121 e. The zero-order valence-corrected chi connectivity index (χ0v) is 9.29. The molecule has 4 heteroatoms. The van der Waals surface area contributed by atoms with Gasteiger partial charge in [-0.2, -0.15) is 0 Å². The van der Waals surface area contributed by atoms with Crippen LogP contribution in [0, 0.1) is 0 Å². The molecule has 2 atom stereocenters. The highest BCUT2D eigenvalue weighted by Gasteiger charge is 2.33. The minimum absolute atomic E-state index is 0.376. The van der Waals surface area contributed by atoms with Gasteiger partial charge in [0.1, 0.15) is 5.83 Å². The molecule has 1 aliphatic rings. The van der Waals surface area contributed by atoms with Crippen molar-refractivity contribution >= 4 is 11.6 Å². The summed E-state index contributed by atoms with van der Waals surface area (Å²) >= 11 is 5.79. The molecule has 0 fully saturated rings. The number of halogens is 2. The summed E-state index contributed by atoms with van der Waals surface area (Å²) in [5, 5.41) is 0.608. The molecule has 2 rings (SSSR count). The fourth-order valence-electron chi connectivity index (χ4n) is 1.74. The number of hydrogen-bond donors (Lipinski definition) is 2.